The number of carbonyl (C=O) groups is 1. The molecule has 0 saturated carbocycles. The van der Waals surface area contributed by atoms with Crippen LogP contribution in [0.15, 0.2) is 47.3 Å². The van der Waals surface area contributed by atoms with Crippen molar-refractivity contribution in [3.63, 3.8) is 0 Å². The number of halogens is 1. The van der Waals surface area contributed by atoms with Gasteiger partial charge >= 0.3 is 0 Å². The molecule has 1 saturated heterocycles. The van der Waals surface area contributed by atoms with Crippen LogP contribution in [-0.2, 0) is 6.42 Å². The van der Waals surface area contributed by atoms with E-state index in [1.165, 1.54) is 6.07 Å². The lowest BCUT2D eigenvalue weighted by molar-refractivity contribution is 0.0944. The Morgan fingerprint density at radius 2 is 1.93 bits per heavy atom. The van der Waals surface area contributed by atoms with Gasteiger partial charge in [-0.1, -0.05) is 38.1 Å². The summed E-state index contributed by atoms with van der Waals surface area (Å²) in [6.07, 6.45) is 2.03. The van der Waals surface area contributed by atoms with Gasteiger partial charge in [0, 0.05) is 17.8 Å². The predicted molar refractivity (Wildman–Crippen MR) is 111 cm³/mol. The highest BCUT2D eigenvalue weighted by atomic mass is 19.1. The van der Waals surface area contributed by atoms with Crippen LogP contribution in [0.3, 0.4) is 0 Å². The zero-order chi connectivity index (χ0) is 20.5. The predicted octanol–water partition coefficient (Wildman–Crippen LogP) is 3.61. The van der Waals surface area contributed by atoms with E-state index in [0.29, 0.717) is 23.4 Å². The fourth-order valence-electron chi connectivity index (χ4n) is 4.06. The lowest BCUT2D eigenvalue weighted by Gasteiger charge is -2.17. The van der Waals surface area contributed by atoms with Crippen LogP contribution in [0, 0.1) is 11.7 Å². The first kappa shape index (κ1) is 19.5. The molecule has 1 aliphatic heterocycles. The number of benzene rings is 2. The van der Waals surface area contributed by atoms with Gasteiger partial charge in [-0.2, -0.15) is 5.10 Å². The number of aromatic amines is 1. The van der Waals surface area contributed by atoms with Gasteiger partial charge in [0.05, 0.1) is 22.7 Å². The number of H-pyrrole nitrogens is 1. The van der Waals surface area contributed by atoms with Crippen molar-refractivity contribution < 1.29 is 9.18 Å². The normalized spacial score (nSPS) is 19.2. The molecule has 2 aromatic carbocycles. The summed E-state index contributed by atoms with van der Waals surface area (Å²) in [4.78, 5) is 24.9. The number of hydrogen-bond acceptors (Lipinski definition) is 4. The molecule has 2 unspecified atom stereocenters. The summed E-state index contributed by atoms with van der Waals surface area (Å²) < 4.78 is 14.5. The van der Waals surface area contributed by atoms with Gasteiger partial charge in [0.25, 0.3) is 5.56 Å². The summed E-state index contributed by atoms with van der Waals surface area (Å²) in [5, 5.41) is 11.4. The lowest BCUT2D eigenvalue weighted by Crippen LogP contribution is -2.38. The molecular formula is C23H24FN3O2. The molecule has 150 valence electrons. The van der Waals surface area contributed by atoms with Crippen LogP contribution in [0.25, 0.3) is 10.8 Å². The number of Topliss-reactive ketones (excluding diaryl/α,β-unsaturated/α-hetero) is 1. The molecule has 0 bridgehead atoms. The summed E-state index contributed by atoms with van der Waals surface area (Å²) >= 11 is 0. The van der Waals surface area contributed by atoms with E-state index in [2.05, 4.69) is 29.4 Å². The van der Waals surface area contributed by atoms with Crippen molar-refractivity contribution in [2.45, 2.75) is 45.2 Å². The number of hydrogen-bond donors (Lipinski definition) is 2. The standard InChI is InChI=1S/C23H24FN3O2/c1-13(2)19-9-10-20(25-19)22(28)17-11-14(7-8-18(17)24)12-21-15-5-3-4-6-16(15)23(29)27-26-21/h3-8,11,13,19-20,25H,9-10,12H2,1-2H3,(H,27,29). The average molecular weight is 393 g/mol. The van der Waals surface area contributed by atoms with Crippen molar-refractivity contribution in [1.82, 2.24) is 15.5 Å². The van der Waals surface area contributed by atoms with Crippen LogP contribution < -0.4 is 10.9 Å². The second-order valence-electron chi connectivity index (χ2n) is 8.05. The highest BCUT2D eigenvalue weighted by Gasteiger charge is 2.32. The number of rotatable bonds is 5. The summed E-state index contributed by atoms with van der Waals surface area (Å²) in [6.45, 7) is 4.24. The van der Waals surface area contributed by atoms with Gasteiger partial charge in [-0.05, 0) is 42.5 Å². The molecule has 1 aromatic heterocycles. The van der Waals surface area contributed by atoms with Crippen LogP contribution >= 0.6 is 0 Å². The van der Waals surface area contributed by atoms with E-state index in [1.54, 1.807) is 24.3 Å². The maximum Gasteiger partial charge on any atom is 0.272 e. The first-order valence-electron chi connectivity index (χ1n) is 9.99. The lowest BCUT2D eigenvalue weighted by atomic mass is 9.97. The smallest absolute Gasteiger partial charge is 0.272 e. The quantitative estimate of drug-likeness (QED) is 0.650. The van der Waals surface area contributed by atoms with Gasteiger partial charge in [-0.3, -0.25) is 9.59 Å². The van der Waals surface area contributed by atoms with Gasteiger partial charge in [0.1, 0.15) is 5.82 Å². The third kappa shape index (κ3) is 3.85. The summed E-state index contributed by atoms with van der Waals surface area (Å²) in [5.74, 6) is -0.275. The molecule has 0 aliphatic carbocycles. The Balaban J connectivity index is 1.62. The summed E-state index contributed by atoms with van der Waals surface area (Å²) in [6, 6.07) is 11.8. The summed E-state index contributed by atoms with van der Waals surface area (Å²) in [7, 11) is 0. The topological polar surface area (TPSA) is 74.8 Å². The van der Waals surface area contributed by atoms with Crippen molar-refractivity contribution in [1.29, 1.82) is 0 Å². The Morgan fingerprint density at radius 3 is 2.66 bits per heavy atom. The largest absolute Gasteiger partial charge is 0.304 e. The van der Waals surface area contributed by atoms with Crippen molar-refractivity contribution >= 4 is 16.6 Å². The minimum Gasteiger partial charge on any atom is -0.304 e. The Kier molecular flexibility index (Phi) is 5.28. The van der Waals surface area contributed by atoms with Crippen LogP contribution in [0.2, 0.25) is 0 Å². The first-order chi connectivity index (χ1) is 13.9. The van der Waals surface area contributed by atoms with E-state index in [1.807, 2.05) is 12.1 Å². The minimum atomic E-state index is -0.507. The van der Waals surface area contributed by atoms with Crippen LogP contribution in [0.5, 0.6) is 0 Å². The van der Waals surface area contributed by atoms with E-state index in [-0.39, 0.29) is 29.0 Å². The number of aromatic nitrogens is 2. The van der Waals surface area contributed by atoms with Crippen LogP contribution in [0.4, 0.5) is 4.39 Å². The second kappa shape index (κ2) is 7.87. The molecule has 5 nitrogen and oxygen atoms in total. The van der Waals surface area contributed by atoms with Crippen molar-refractivity contribution in [3.05, 3.63) is 75.5 Å². The maximum atomic E-state index is 14.5. The molecule has 2 atom stereocenters. The monoisotopic (exact) mass is 393 g/mol. The molecule has 1 aliphatic rings. The number of carbonyl (C=O) groups excluding carboxylic acids is 1. The molecule has 4 rings (SSSR count). The van der Waals surface area contributed by atoms with Gasteiger partial charge in [-0.15, -0.1) is 0 Å². The van der Waals surface area contributed by atoms with Crippen molar-refractivity contribution in [2.24, 2.45) is 5.92 Å². The van der Waals surface area contributed by atoms with E-state index >= 15 is 0 Å². The highest BCUT2D eigenvalue weighted by molar-refractivity contribution is 6.00. The number of ketones is 1. The Morgan fingerprint density at radius 1 is 1.17 bits per heavy atom. The number of fused-ring (bicyclic) bond motifs is 1. The molecule has 0 radical (unpaired) electrons. The Labute approximate surface area is 168 Å². The van der Waals surface area contributed by atoms with Crippen LogP contribution in [0.1, 0.15) is 48.3 Å². The molecule has 3 aromatic rings. The van der Waals surface area contributed by atoms with E-state index < -0.39 is 5.82 Å². The molecule has 0 amide bonds. The third-order valence-corrected chi connectivity index (χ3v) is 5.75. The molecule has 2 heterocycles. The van der Waals surface area contributed by atoms with E-state index in [9.17, 15) is 14.0 Å². The maximum absolute atomic E-state index is 14.5. The number of nitrogens with one attached hydrogen (secondary N) is 2. The van der Waals surface area contributed by atoms with Gasteiger partial charge in [0.2, 0.25) is 0 Å². The molecular weight excluding hydrogens is 369 g/mol. The highest BCUT2D eigenvalue weighted by Crippen LogP contribution is 2.24. The first-order valence-corrected chi connectivity index (χ1v) is 9.99. The SMILES string of the molecule is CC(C)C1CCC(C(=O)c2cc(Cc3n[nH]c(=O)c4ccccc34)ccc2F)N1. The molecule has 29 heavy (non-hydrogen) atoms. The van der Waals surface area contributed by atoms with Gasteiger partial charge < -0.3 is 5.32 Å². The van der Waals surface area contributed by atoms with Gasteiger partial charge in [-0.25, -0.2) is 9.49 Å². The van der Waals surface area contributed by atoms with Crippen LogP contribution in [-0.4, -0.2) is 28.1 Å². The molecule has 2 N–H and O–H groups in total. The minimum absolute atomic E-state index is 0.109. The molecule has 0 spiro atoms. The molecule has 1 fully saturated rings. The van der Waals surface area contributed by atoms with Crippen molar-refractivity contribution in [3.8, 4) is 0 Å². The Bertz CT molecular complexity index is 1120. The van der Waals surface area contributed by atoms with E-state index in [4.69, 9.17) is 0 Å². The van der Waals surface area contributed by atoms with Crippen molar-refractivity contribution in [2.75, 3.05) is 0 Å². The third-order valence-electron chi connectivity index (χ3n) is 5.75. The summed E-state index contributed by atoms with van der Waals surface area (Å²) in [5.41, 5.74) is 1.33. The zero-order valence-electron chi connectivity index (χ0n) is 16.5. The fourth-order valence-corrected chi connectivity index (χ4v) is 4.06. The fraction of sp³-hybridized carbons (Fsp3) is 0.348. The average Bonchev–Trinajstić information content (AvgIpc) is 3.22. The Hall–Kier alpha value is -2.86. The molecule has 6 heteroatoms. The zero-order valence-corrected chi connectivity index (χ0v) is 16.5. The number of nitrogens with zero attached hydrogens (tertiary/aromatic N) is 1. The van der Waals surface area contributed by atoms with E-state index in [0.717, 1.165) is 23.8 Å². The second-order valence-corrected chi connectivity index (χ2v) is 8.05. The van der Waals surface area contributed by atoms with Gasteiger partial charge in [0.15, 0.2) is 5.78 Å².